The van der Waals surface area contributed by atoms with Crippen LogP contribution in [0.2, 0.25) is 0 Å². The summed E-state index contributed by atoms with van der Waals surface area (Å²) in [5.74, 6) is -1.41. The third kappa shape index (κ3) is 2.98. The fourth-order valence-electron chi connectivity index (χ4n) is 3.07. The minimum atomic E-state index is -5.10. The highest BCUT2D eigenvalue weighted by Crippen LogP contribution is 2.53. The van der Waals surface area contributed by atoms with Gasteiger partial charge in [0, 0.05) is 11.0 Å². The highest BCUT2D eigenvalue weighted by atomic mass is 19.4. The molecule has 0 saturated carbocycles. The largest absolute Gasteiger partial charge is 0.491 e. The molecule has 7 heteroatoms. The molecule has 0 aromatic heterocycles. The van der Waals surface area contributed by atoms with Crippen molar-refractivity contribution in [3.05, 3.63) is 47.5 Å². The van der Waals surface area contributed by atoms with Crippen molar-refractivity contribution >= 4 is 5.97 Å². The summed E-state index contributed by atoms with van der Waals surface area (Å²) in [5, 5.41) is 0. The number of benzene rings is 2. The molecule has 1 aliphatic heterocycles. The second-order valence-electron chi connectivity index (χ2n) is 6.31. The molecule has 0 N–H and O–H groups in total. The minimum absolute atomic E-state index is 0.0714. The molecule has 2 aromatic rings. The lowest BCUT2D eigenvalue weighted by atomic mass is 9.75. The van der Waals surface area contributed by atoms with Crippen molar-refractivity contribution in [3.8, 4) is 23.0 Å². The number of rotatable bonds is 3. The zero-order valence-corrected chi connectivity index (χ0v) is 14.4. The van der Waals surface area contributed by atoms with Crippen molar-refractivity contribution in [1.82, 2.24) is 0 Å². The standard InChI is InChI=1S/C19H17F3O4/c1-4-24-16-14(26-17(23)19(20,21)22)10-9-13-15(16)18(2,3)11-7-5-6-8-12(11)25-13/h5-10H,4H2,1-3H3. The van der Waals surface area contributed by atoms with E-state index in [1.165, 1.54) is 12.1 Å². The first-order valence-electron chi connectivity index (χ1n) is 8.03. The van der Waals surface area contributed by atoms with Gasteiger partial charge in [0.05, 0.1) is 12.2 Å². The number of alkyl halides is 3. The number of carbonyl (C=O) groups is 1. The van der Waals surface area contributed by atoms with Crippen LogP contribution in [0, 0.1) is 0 Å². The molecule has 0 atom stereocenters. The van der Waals surface area contributed by atoms with E-state index in [1.807, 2.05) is 38.1 Å². The van der Waals surface area contributed by atoms with Crippen LogP contribution in [0.5, 0.6) is 23.0 Å². The quantitative estimate of drug-likeness (QED) is 0.567. The van der Waals surface area contributed by atoms with Gasteiger partial charge in [-0.25, -0.2) is 4.79 Å². The molecule has 0 spiro atoms. The van der Waals surface area contributed by atoms with Crippen LogP contribution in [0.4, 0.5) is 13.2 Å². The molecule has 0 bridgehead atoms. The molecular weight excluding hydrogens is 349 g/mol. The molecule has 4 nitrogen and oxygen atoms in total. The minimum Gasteiger partial charge on any atom is -0.489 e. The molecule has 0 fully saturated rings. The first-order chi connectivity index (χ1) is 12.2. The average Bonchev–Trinajstić information content (AvgIpc) is 2.56. The number of ether oxygens (including phenoxy) is 3. The Morgan fingerprint density at radius 1 is 1.12 bits per heavy atom. The van der Waals surface area contributed by atoms with Gasteiger partial charge in [0.15, 0.2) is 11.5 Å². The van der Waals surface area contributed by atoms with E-state index in [4.69, 9.17) is 9.47 Å². The van der Waals surface area contributed by atoms with Crippen LogP contribution in [0.3, 0.4) is 0 Å². The van der Waals surface area contributed by atoms with Crippen LogP contribution in [-0.4, -0.2) is 18.8 Å². The maximum absolute atomic E-state index is 12.6. The van der Waals surface area contributed by atoms with Gasteiger partial charge in [-0.2, -0.15) is 13.2 Å². The Morgan fingerprint density at radius 3 is 2.46 bits per heavy atom. The molecule has 26 heavy (non-hydrogen) atoms. The van der Waals surface area contributed by atoms with Gasteiger partial charge in [-0.15, -0.1) is 0 Å². The highest BCUT2D eigenvalue weighted by Gasteiger charge is 2.43. The molecule has 138 valence electrons. The van der Waals surface area contributed by atoms with Gasteiger partial charge in [-0.3, -0.25) is 0 Å². The van der Waals surface area contributed by atoms with E-state index in [9.17, 15) is 18.0 Å². The third-order valence-electron chi connectivity index (χ3n) is 4.21. The Kier molecular flexibility index (Phi) is 4.34. The van der Waals surface area contributed by atoms with Gasteiger partial charge >= 0.3 is 12.1 Å². The summed E-state index contributed by atoms with van der Waals surface area (Å²) in [7, 11) is 0. The SMILES string of the molecule is CCOc1c(OC(=O)C(F)(F)F)ccc2c1C(C)(C)c1ccccc1O2. The van der Waals surface area contributed by atoms with Crippen molar-refractivity contribution in [1.29, 1.82) is 0 Å². The fraction of sp³-hybridized carbons (Fsp3) is 0.316. The number of hydrogen-bond acceptors (Lipinski definition) is 4. The van der Waals surface area contributed by atoms with Crippen molar-refractivity contribution in [2.75, 3.05) is 6.61 Å². The lowest BCUT2D eigenvalue weighted by Crippen LogP contribution is -2.29. The van der Waals surface area contributed by atoms with Gasteiger partial charge in [0.2, 0.25) is 0 Å². The first kappa shape index (κ1) is 18.1. The monoisotopic (exact) mass is 366 g/mol. The summed E-state index contributed by atoms with van der Waals surface area (Å²) in [5.41, 5.74) is 0.758. The predicted molar refractivity (Wildman–Crippen MR) is 87.9 cm³/mol. The van der Waals surface area contributed by atoms with Crippen molar-refractivity contribution in [3.63, 3.8) is 0 Å². The van der Waals surface area contributed by atoms with Gasteiger partial charge in [-0.1, -0.05) is 32.0 Å². The Morgan fingerprint density at radius 2 is 1.81 bits per heavy atom. The highest BCUT2D eigenvalue weighted by molar-refractivity contribution is 5.79. The molecule has 1 aliphatic rings. The number of hydrogen-bond donors (Lipinski definition) is 0. The Bertz CT molecular complexity index is 856. The zero-order chi connectivity index (χ0) is 19.1. The smallest absolute Gasteiger partial charge is 0.489 e. The molecule has 2 aromatic carbocycles. The summed E-state index contributed by atoms with van der Waals surface area (Å²) in [6.45, 7) is 5.69. The molecule has 0 unspecified atom stereocenters. The zero-order valence-electron chi connectivity index (χ0n) is 14.4. The second kappa shape index (κ2) is 6.23. The van der Waals surface area contributed by atoms with Crippen LogP contribution in [0.25, 0.3) is 0 Å². The molecule has 0 saturated heterocycles. The van der Waals surface area contributed by atoms with Gasteiger partial charge < -0.3 is 14.2 Å². The molecule has 0 radical (unpaired) electrons. The van der Waals surface area contributed by atoms with Crippen LogP contribution < -0.4 is 14.2 Å². The molecule has 1 heterocycles. The van der Waals surface area contributed by atoms with Gasteiger partial charge in [0.1, 0.15) is 11.5 Å². The number of carbonyl (C=O) groups excluding carboxylic acids is 1. The van der Waals surface area contributed by atoms with Crippen LogP contribution in [0.1, 0.15) is 31.9 Å². The van der Waals surface area contributed by atoms with E-state index in [0.717, 1.165) is 5.56 Å². The summed E-state index contributed by atoms with van der Waals surface area (Å²) in [4.78, 5) is 11.3. The maximum Gasteiger partial charge on any atom is 0.491 e. The average molecular weight is 366 g/mol. The van der Waals surface area contributed by atoms with E-state index in [-0.39, 0.29) is 18.1 Å². The van der Waals surface area contributed by atoms with Crippen molar-refractivity contribution in [2.45, 2.75) is 32.4 Å². The topological polar surface area (TPSA) is 44.8 Å². The van der Waals surface area contributed by atoms with E-state index < -0.39 is 17.6 Å². The summed E-state index contributed by atoms with van der Waals surface area (Å²) in [6.07, 6.45) is -5.10. The fourth-order valence-corrected chi connectivity index (χ4v) is 3.07. The summed E-state index contributed by atoms with van der Waals surface area (Å²) >= 11 is 0. The Hall–Kier alpha value is -2.70. The van der Waals surface area contributed by atoms with E-state index in [1.54, 1.807) is 6.92 Å². The van der Waals surface area contributed by atoms with Crippen LogP contribution >= 0.6 is 0 Å². The van der Waals surface area contributed by atoms with Crippen molar-refractivity contribution in [2.24, 2.45) is 0 Å². The van der Waals surface area contributed by atoms with E-state index in [2.05, 4.69) is 4.74 Å². The molecular formula is C19H17F3O4. The van der Waals surface area contributed by atoms with Gasteiger partial charge in [0.25, 0.3) is 0 Å². The third-order valence-corrected chi connectivity index (χ3v) is 4.21. The maximum atomic E-state index is 12.6. The number of fused-ring (bicyclic) bond motifs is 2. The van der Waals surface area contributed by atoms with Crippen molar-refractivity contribution < 1.29 is 32.2 Å². The number of halogens is 3. The second-order valence-corrected chi connectivity index (χ2v) is 6.31. The first-order valence-corrected chi connectivity index (χ1v) is 8.03. The van der Waals surface area contributed by atoms with Crippen LogP contribution in [-0.2, 0) is 10.2 Å². The summed E-state index contributed by atoms with van der Waals surface area (Å²) in [6, 6.07) is 10.1. The molecule has 0 aliphatic carbocycles. The lowest BCUT2D eigenvalue weighted by Gasteiger charge is -2.36. The van der Waals surface area contributed by atoms with Crippen LogP contribution in [0.15, 0.2) is 36.4 Å². The number of para-hydroxylation sites is 1. The molecule has 3 rings (SSSR count). The van der Waals surface area contributed by atoms with E-state index >= 15 is 0 Å². The van der Waals surface area contributed by atoms with Gasteiger partial charge in [-0.05, 0) is 25.1 Å². The lowest BCUT2D eigenvalue weighted by molar-refractivity contribution is -0.189. The Balaban J connectivity index is 2.15. The number of esters is 1. The molecule has 0 amide bonds. The normalized spacial score (nSPS) is 14.7. The predicted octanol–water partition coefficient (Wildman–Crippen LogP) is 4.98. The Labute approximate surface area is 148 Å². The van der Waals surface area contributed by atoms with E-state index in [0.29, 0.717) is 17.1 Å². The summed E-state index contributed by atoms with van der Waals surface area (Å²) < 4.78 is 53.8.